The van der Waals surface area contributed by atoms with E-state index in [9.17, 15) is 23.1 Å². The van der Waals surface area contributed by atoms with E-state index in [1.807, 2.05) is 0 Å². The third-order valence-corrected chi connectivity index (χ3v) is 4.88. The summed E-state index contributed by atoms with van der Waals surface area (Å²) in [4.78, 5) is 14.2. The molecule has 0 saturated heterocycles. The van der Waals surface area contributed by atoms with Gasteiger partial charge in [0.1, 0.15) is 0 Å². The van der Waals surface area contributed by atoms with Crippen molar-refractivity contribution in [3.8, 4) is 0 Å². The molecule has 126 valence electrons. The molecule has 1 aromatic rings. The normalized spacial score (nSPS) is 20.9. The number of rotatable bonds is 5. The van der Waals surface area contributed by atoms with Crippen LogP contribution in [0.25, 0.3) is 0 Å². The molecule has 2 aliphatic rings. The van der Waals surface area contributed by atoms with Crippen LogP contribution in [0.15, 0.2) is 24.3 Å². The molecule has 1 aromatic carbocycles. The SMILES string of the molecule is CN(CC(O)C1CC1)C(=O)C1(c2cccc(C(F)(F)F)c2)CC1. The number of hydrogen-bond donors (Lipinski definition) is 1. The Morgan fingerprint density at radius 1 is 1.39 bits per heavy atom. The first-order valence-electron chi connectivity index (χ1n) is 7.85. The van der Waals surface area contributed by atoms with E-state index < -0.39 is 23.3 Å². The van der Waals surface area contributed by atoms with Gasteiger partial charge in [-0.15, -0.1) is 0 Å². The number of amides is 1. The molecule has 2 saturated carbocycles. The van der Waals surface area contributed by atoms with E-state index in [0.717, 1.165) is 25.0 Å². The first-order valence-corrected chi connectivity index (χ1v) is 7.85. The number of nitrogens with zero attached hydrogens (tertiary/aromatic N) is 1. The van der Waals surface area contributed by atoms with Gasteiger partial charge in [-0.2, -0.15) is 13.2 Å². The number of halogens is 3. The number of benzene rings is 1. The van der Waals surface area contributed by atoms with Gasteiger partial charge in [-0.05, 0) is 43.2 Å². The lowest BCUT2D eigenvalue weighted by molar-refractivity contribution is -0.138. The quantitative estimate of drug-likeness (QED) is 0.903. The Morgan fingerprint density at radius 3 is 2.57 bits per heavy atom. The minimum atomic E-state index is -4.41. The van der Waals surface area contributed by atoms with E-state index in [1.54, 1.807) is 13.1 Å². The summed E-state index contributed by atoms with van der Waals surface area (Å²) in [6.45, 7) is 0.240. The number of hydrogen-bond acceptors (Lipinski definition) is 2. The second-order valence-electron chi connectivity index (χ2n) is 6.75. The molecule has 1 N–H and O–H groups in total. The van der Waals surface area contributed by atoms with Crippen LogP contribution in [0.4, 0.5) is 13.2 Å². The molecule has 0 heterocycles. The Morgan fingerprint density at radius 2 is 2.04 bits per heavy atom. The zero-order valence-electron chi connectivity index (χ0n) is 12.9. The van der Waals surface area contributed by atoms with Crippen molar-refractivity contribution in [2.75, 3.05) is 13.6 Å². The molecule has 2 aliphatic carbocycles. The van der Waals surface area contributed by atoms with E-state index in [2.05, 4.69) is 0 Å². The third kappa shape index (κ3) is 3.22. The molecular weight excluding hydrogens is 307 g/mol. The first kappa shape index (κ1) is 16.3. The van der Waals surface area contributed by atoms with Gasteiger partial charge in [0.2, 0.25) is 5.91 Å². The number of carbonyl (C=O) groups is 1. The van der Waals surface area contributed by atoms with Gasteiger partial charge in [-0.25, -0.2) is 0 Å². The predicted octanol–water partition coefficient (Wildman–Crippen LogP) is 2.97. The summed E-state index contributed by atoms with van der Waals surface area (Å²) < 4.78 is 38.6. The largest absolute Gasteiger partial charge is 0.416 e. The minimum absolute atomic E-state index is 0.198. The zero-order valence-corrected chi connectivity index (χ0v) is 12.9. The van der Waals surface area contributed by atoms with Crippen molar-refractivity contribution in [1.82, 2.24) is 4.90 Å². The number of carbonyl (C=O) groups excluding carboxylic acids is 1. The van der Waals surface area contributed by atoms with Crippen LogP contribution >= 0.6 is 0 Å². The number of aliphatic hydroxyl groups excluding tert-OH is 1. The fourth-order valence-corrected chi connectivity index (χ4v) is 3.10. The highest BCUT2D eigenvalue weighted by Crippen LogP contribution is 2.50. The predicted molar refractivity (Wildman–Crippen MR) is 78.7 cm³/mol. The van der Waals surface area contributed by atoms with Gasteiger partial charge in [0, 0.05) is 13.6 Å². The highest BCUT2D eigenvalue weighted by molar-refractivity contribution is 5.91. The summed E-state index contributed by atoms with van der Waals surface area (Å²) in [5.41, 5.74) is -1.15. The van der Waals surface area contributed by atoms with Crippen LogP contribution in [-0.4, -0.2) is 35.6 Å². The number of aliphatic hydroxyl groups is 1. The molecule has 23 heavy (non-hydrogen) atoms. The Labute approximate surface area is 133 Å². The second kappa shape index (κ2) is 5.51. The summed E-state index contributed by atoms with van der Waals surface area (Å²) in [6.07, 6.45) is -1.90. The summed E-state index contributed by atoms with van der Waals surface area (Å²) in [5.74, 6) is 0.0606. The molecule has 0 aromatic heterocycles. The van der Waals surface area contributed by atoms with Gasteiger partial charge in [0.05, 0.1) is 17.1 Å². The molecular formula is C17H20F3NO2. The second-order valence-corrected chi connectivity index (χ2v) is 6.75. The van der Waals surface area contributed by atoms with Crippen molar-refractivity contribution >= 4 is 5.91 Å². The highest BCUT2D eigenvalue weighted by atomic mass is 19.4. The van der Waals surface area contributed by atoms with Crippen LogP contribution < -0.4 is 0 Å². The van der Waals surface area contributed by atoms with Crippen molar-refractivity contribution in [3.63, 3.8) is 0 Å². The molecule has 0 radical (unpaired) electrons. The van der Waals surface area contributed by atoms with Crippen molar-refractivity contribution in [2.45, 2.75) is 43.4 Å². The smallest absolute Gasteiger partial charge is 0.391 e. The fourth-order valence-electron chi connectivity index (χ4n) is 3.10. The average Bonchev–Trinajstić information content (AvgIpc) is 3.39. The maximum absolute atomic E-state index is 12.9. The third-order valence-electron chi connectivity index (χ3n) is 4.88. The molecule has 1 unspecified atom stereocenters. The van der Waals surface area contributed by atoms with Crippen LogP contribution in [0.3, 0.4) is 0 Å². The Bertz CT molecular complexity index is 606. The molecule has 0 spiro atoms. The average molecular weight is 327 g/mol. The van der Waals surface area contributed by atoms with Gasteiger partial charge in [-0.3, -0.25) is 4.79 Å². The Hall–Kier alpha value is -1.56. The van der Waals surface area contributed by atoms with E-state index in [0.29, 0.717) is 18.4 Å². The van der Waals surface area contributed by atoms with Gasteiger partial charge in [0.15, 0.2) is 0 Å². The lowest BCUT2D eigenvalue weighted by Crippen LogP contribution is -2.41. The summed E-state index contributed by atoms with van der Waals surface area (Å²) >= 11 is 0. The van der Waals surface area contributed by atoms with E-state index in [-0.39, 0.29) is 18.4 Å². The highest BCUT2D eigenvalue weighted by Gasteiger charge is 2.53. The Kier molecular flexibility index (Phi) is 3.91. The minimum Gasteiger partial charge on any atom is -0.391 e. The molecule has 1 atom stereocenters. The van der Waals surface area contributed by atoms with Crippen LogP contribution in [0.5, 0.6) is 0 Å². The van der Waals surface area contributed by atoms with Gasteiger partial charge in [-0.1, -0.05) is 18.2 Å². The number of likely N-dealkylation sites (N-methyl/N-ethyl adjacent to an activating group) is 1. The van der Waals surface area contributed by atoms with Crippen molar-refractivity contribution in [2.24, 2.45) is 5.92 Å². The monoisotopic (exact) mass is 327 g/mol. The van der Waals surface area contributed by atoms with Gasteiger partial charge >= 0.3 is 6.18 Å². The maximum Gasteiger partial charge on any atom is 0.416 e. The number of alkyl halides is 3. The fraction of sp³-hybridized carbons (Fsp3) is 0.588. The van der Waals surface area contributed by atoms with Crippen LogP contribution in [-0.2, 0) is 16.4 Å². The Balaban J connectivity index is 1.77. The maximum atomic E-state index is 12.9. The van der Waals surface area contributed by atoms with Gasteiger partial charge < -0.3 is 10.0 Å². The van der Waals surface area contributed by atoms with Crippen LogP contribution in [0, 0.1) is 5.92 Å². The van der Waals surface area contributed by atoms with E-state index in [1.165, 1.54) is 11.0 Å². The zero-order chi connectivity index (χ0) is 16.8. The van der Waals surface area contributed by atoms with Crippen LogP contribution in [0.2, 0.25) is 0 Å². The molecule has 1 amide bonds. The van der Waals surface area contributed by atoms with Crippen molar-refractivity contribution in [1.29, 1.82) is 0 Å². The molecule has 0 aliphatic heterocycles. The molecule has 0 bridgehead atoms. The molecule has 3 rings (SSSR count). The lowest BCUT2D eigenvalue weighted by atomic mass is 9.92. The van der Waals surface area contributed by atoms with Gasteiger partial charge in [0.25, 0.3) is 0 Å². The summed E-state index contributed by atoms with van der Waals surface area (Å²) in [6, 6.07) is 5.04. The molecule has 6 heteroatoms. The van der Waals surface area contributed by atoms with E-state index in [4.69, 9.17) is 0 Å². The van der Waals surface area contributed by atoms with Crippen molar-refractivity contribution < 1.29 is 23.1 Å². The summed E-state index contributed by atoms with van der Waals surface area (Å²) in [5, 5.41) is 9.97. The first-order chi connectivity index (χ1) is 10.7. The standard InChI is InChI=1S/C17H20F3NO2/c1-21(10-14(22)11-5-6-11)15(23)16(7-8-16)12-3-2-4-13(9-12)17(18,19)20/h2-4,9,11,14,22H,5-8,10H2,1H3. The molecule has 3 nitrogen and oxygen atoms in total. The lowest BCUT2D eigenvalue weighted by Gasteiger charge is -2.26. The molecule has 2 fully saturated rings. The van der Waals surface area contributed by atoms with E-state index >= 15 is 0 Å². The van der Waals surface area contributed by atoms with Crippen LogP contribution in [0.1, 0.15) is 36.8 Å². The summed E-state index contributed by atoms with van der Waals surface area (Å²) in [7, 11) is 1.61. The van der Waals surface area contributed by atoms with Crippen molar-refractivity contribution in [3.05, 3.63) is 35.4 Å². The topological polar surface area (TPSA) is 40.5 Å².